The summed E-state index contributed by atoms with van der Waals surface area (Å²) in [5.74, 6) is 0. The number of nitrogens with one attached hydrogen (secondary N) is 1. The second-order valence-electron chi connectivity index (χ2n) is 7.30. The van der Waals surface area contributed by atoms with Gasteiger partial charge in [-0.2, -0.15) is 0 Å². The topological polar surface area (TPSA) is 28.2 Å². The predicted molar refractivity (Wildman–Crippen MR) is 89.7 cm³/mol. The molecule has 1 aromatic rings. The largest absolute Gasteiger partial charge is 0.310 e. The first-order valence-electron chi connectivity index (χ1n) is 8.17. The van der Waals surface area contributed by atoms with Crippen LogP contribution in [-0.4, -0.2) is 36.6 Å². The Morgan fingerprint density at radius 2 is 1.90 bits per heavy atom. The average Bonchev–Trinajstić information content (AvgIpc) is 2.39. The number of nitrogens with zero attached hydrogens (tertiary/aromatic N) is 2. The summed E-state index contributed by atoms with van der Waals surface area (Å²) in [6.45, 7) is 14.6. The molecule has 0 amide bonds. The first kappa shape index (κ1) is 16.4. The number of aryl methyl sites for hydroxylation is 3. The summed E-state index contributed by atoms with van der Waals surface area (Å²) in [6.07, 6.45) is 2.57. The van der Waals surface area contributed by atoms with Crippen LogP contribution in [0.2, 0.25) is 0 Å². The van der Waals surface area contributed by atoms with Crippen LogP contribution in [0.15, 0.2) is 6.07 Å². The summed E-state index contributed by atoms with van der Waals surface area (Å²) in [5.41, 5.74) is 5.44. The Balaban J connectivity index is 2.00. The van der Waals surface area contributed by atoms with Gasteiger partial charge in [-0.25, -0.2) is 0 Å². The molecule has 0 radical (unpaired) electrons. The third kappa shape index (κ3) is 4.04. The van der Waals surface area contributed by atoms with Crippen molar-refractivity contribution >= 4 is 0 Å². The molecular formula is C18H31N3. The van der Waals surface area contributed by atoms with Crippen LogP contribution < -0.4 is 5.32 Å². The second kappa shape index (κ2) is 6.45. The molecule has 1 fully saturated rings. The third-order valence-electron chi connectivity index (χ3n) is 5.05. The zero-order valence-electron chi connectivity index (χ0n) is 14.6. The lowest BCUT2D eigenvalue weighted by molar-refractivity contribution is 0.134. The fourth-order valence-corrected chi connectivity index (χ4v) is 3.52. The van der Waals surface area contributed by atoms with Crippen molar-refractivity contribution in [2.24, 2.45) is 5.41 Å². The molecule has 118 valence electrons. The summed E-state index contributed by atoms with van der Waals surface area (Å²) in [5, 5.41) is 3.77. The standard InChI is InChI=1S/C18H31N3/c1-13-11-14(2)20-16(4)17(13)15(3)19-12-18(5)7-9-21(6)10-8-18/h11,15,19H,7-10,12H2,1-6H3. The average molecular weight is 289 g/mol. The van der Waals surface area contributed by atoms with Crippen molar-refractivity contribution in [1.82, 2.24) is 15.2 Å². The van der Waals surface area contributed by atoms with Crippen molar-refractivity contribution in [3.63, 3.8) is 0 Å². The minimum Gasteiger partial charge on any atom is -0.310 e. The number of pyridine rings is 1. The molecule has 1 atom stereocenters. The number of hydrogen-bond acceptors (Lipinski definition) is 3. The van der Waals surface area contributed by atoms with E-state index in [0.29, 0.717) is 11.5 Å². The highest BCUT2D eigenvalue weighted by molar-refractivity contribution is 5.33. The van der Waals surface area contributed by atoms with E-state index in [-0.39, 0.29) is 0 Å². The van der Waals surface area contributed by atoms with E-state index in [9.17, 15) is 0 Å². The molecule has 1 aromatic heterocycles. The molecule has 0 saturated carbocycles. The normalized spacial score (nSPS) is 20.5. The number of hydrogen-bond donors (Lipinski definition) is 1. The van der Waals surface area contributed by atoms with E-state index in [0.717, 1.165) is 12.2 Å². The maximum Gasteiger partial charge on any atom is 0.0426 e. The van der Waals surface area contributed by atoms with Crippen LogP contribution in [0.5, 0.6) is 0 Å². The van der Waals surface area contributed by atoms with Crippen LogP contribution in [0.25, 0.3) is 0 Å². The van der Waals surface area contributed by atoms with Gasteiger partial charge in [-0.05, 0) is 83.3 Å². The quantitative estimate of drug-likeness (QED) is 0.921. The number of likely N-dealkylation sites (tertiary alicyclic amines) is 1. The molecule has 1 N–H and O–H groups in total. The molecule has 0 aliphatic carbocycles. The van der Waals surface area contributed by atoms with E-state index in [1.54, 1.807) is 0 Å². The highest BCUT2D eigenvalue weighted by atomic mass is 15.1. The Morgan fingerprint density at radius 3 is 2.48 bits per heavy atom. The van der Waals surface area contributed by atoms with Crippen LogP contribution >= 0.6 is 0 Å². The van der Waals surface area contributed by atoms with Crippen LogP contribution in [0, 0.1) is 26.2 Å². The SMILES string of the molecule is Cc1cc(C)c(C(C)NCC2(C)CCN(C)CC2)c(C)n1. The van der Waals surface area contributed by atoms with Crippen molar-refractivity contribution in [1.29, 1.82) is 0 Å². The van der Waals surface area contributed by atoms with E-state index in [2.05, 4.69) is 62.9 Å². The van der Waals surface area contributed by atoms with Crippen molar-refractivity contribution in [3.05, 3.63) is 28.6 Å². The Labute approximate surface area is 130 Å². The molecule has 0 spiro atoms. The minimum absolute atomic E-state index is 0.370. The predicted octanol–water partition coefficient (Wildman–Crippen LogP) is 3.39. The zero-order chi connectivity index (χ0) is 15.6. The Hall–Kier alpha value is -0.930. The third-order valence-corrected chi connectivity index (χ3v) is 5.05. The van der Waals surface area contributed by atoms with E-state index in [1.165, 1.54) is 42.8 Å². The highest BCUT2D eigenvalue weighted by Crippen LogP contribution is 2.31. The van der Waals surface area contributed by atoms with E-state index in [4.69, 9.17) is 0 Å². The van der Waals surface area contributed by atoms with E-state index >= 15 is 0 Å². The summed E-state index contributed by atoms with van der Waals surface area (Å²) < 4.78 is 0. The molecular weight excluding hydrogens is 258 g/mol. The molecule has 0 bridgehead atoms. The number of aromatic nitrogens is 1. The van der Waals surface area contributed by atoms with Gasteiger partial charge in [-0.15, -0.1) is 0 Å². The highest BCUT2D eigenvalue weighted by Gasteiger charge is 2.29. The minimum atomic E-state index is 0.370. The van der Waals surface area contributed by atoms with Gasteiger partial charge in [0.2, 0.25) is 0 Å². The lowest BCUT2D eigenvalue weighted by atomic mass is 9.80. The fourth-order valence-electron chi connectivity index (χ4n) is 3.52. The molecule has 21 heavy (non-hydrogen) atoms. The molecule has 2 heterocycles. The van der Waals surface area contributed by atoms with Crippen LogP contribution in [0.1, 0.15) is 55.2 Å². The summed E-state index contributed by atoms with van der Waals surface area (Å²) in [7, 11) is 2.22. The monoisotopic (exact) mass is 289 g/mol. The van der Waals surface area contributed by atoms with E-state index < -0.39 is 0 Å². The van der Waals surface area contributed by atoms with Gasteiger partial charge in [0.15, 0.2) is 0 Å². The number of rotatable bonds is 4. The van der Waals surface area contributed by atoms with Crippen LogP contribution in [0.4, 0.5) is 0 Å². The van der Waals surface area contributed by atoms with Crippen molar-refractivity contribution in [2.75, 3.05) is 26.7 Å². The van der Waals surface area contributed by atoms with Gasteiger partial charge in [-0.1, -0.05) is 6.92 Å². The summed E-state index contributed by atoms with van der Waals surface area (Å²) >= 11 is 0. The lowest BCUT2D eigenvalue weighted by Crippen LogP contribution is -2.42. The maximum absolute atomic E-state index is 4.63. The molecule has 1 aliphatic rings. The van der Waals surface area contributed by atoms with Crippen molar-refractivity contribution in [3.8, 4) is 0 Å². The van der Waals surface area contributed by atoms with Gasteiger partial charge in [-0.3, -0.25) is 4.98 Å². The molecule has 3 heteroatoms. The van der Waals surface area contributed by atoms with Gasteiger partial charge >= 0.3 is 0 Å². The summed E-state index contributed by atoms with van der Waals surface area (Å²) in [6, 6.07) is 2.56. The maximum atomic E-state index is 4.63. The molecule has 2 rings (SSSR count). The van der Waals surface area contributed by atoms with Gasteiger partial charge in [0, 0.05) is 24.0 Å². The van der Waals surface area contributed by atoms with Gasteiger partial charge in [0.25, 0.3) is 0 Å². The van der Waals surface area contributed by atoms with Crippen molar-refractivity contribution < 1.29 is 0 Å². The molecule has 1 aliphatic heterocycles. The zero-order valence-corrected chi connectivity index (χ0v) is 14.6. The summed E-state index contributed by atoms with van der Waals surface area (Å²) in [4.78, 5) is 7.06. The first-order chi connectivity index (χ1) is 9.81. The molecule has 1 unspecified atom stereocenters. The Bertz CT molecular complexity index is 464. The molecule has 3 nitrogen and oxygen atoms in total. The van der Waals surface area contributed by atoms with Gasteiger partial charge in [0.1, 0.15) is 0 Å². The van der Waals surface area contributed by atoms with Gasteiger partial charge < -0.3 is 10.2 Å². The van der Waals surface area contributed by atoms with E-state index in [1.807, 2.05) is 0 Å². The first-order valence-corrected chi connectivity index (χ1v) is 8.17. The smallest absolute Gasteiger partial charge is 0.0426 e. The van der Waals surface area contributed by atoms with Gasteiger partial charge in [0.05, 0.1) is 0 Å². The molecule has 0 aromatic carbocycles. The second-order valence-corrected chi connectivity index (χ2v) is 7.30. The van der Waals surface area contributed by atoms with Crippen LogP contribution in [0.3, 0.4) is 0 Å². The lowest BCUT2D eigenvalue weighted by Gasteiger charge is -2.39. The van der Waals surface area contributed by atoms with Crippen LogP contribution in [-0.2, 0) is 0 Å². The number of piperidine rings is 1. The Kier molecular flexibility index (Phi) is 5.05. The molecule has 1 saturated heterocycles. The van der Waals surface area contributed by atoms with Crippen molar-refractivity contribution in [2.45, 2.75) is 53.5 Å². The fraction of sp³-hybridized carbons (Fsp3) is 0.722. The Morgan fingerprint density at radius 1 is 1.29 bits per heavy atom.